The zero-order valence-corrected chi connectivity index (χ0v) is 15.5. The summed E-state index contributed by atoms with van der Waals surface area (Å²) in [5.41, 5.74) is 2.24. The Kier molecular flexibility index (Phi) is 6.60. The molecule has 1 heterocycles. The van der Waals surface area contributed by atoms with Gasteiger partial charge in [-0.15, -0.1) is 0 Å². The smallest absolute Gasteiger partial charge is 0.328 e. The van der Waals surface area contributed by atoms with Crippen molar-refractivity contribution in [2.24, 2.45) is 0 Å². The van der Waals surface area contributed by atoms with Crippen molar-refractivity contribution in [2.45, 2.75) is 43.9 Å². The Morgan fingerprint density at radius 2 is 1.63 bits per heavy atom. The van der Waals surface area contributed by atoms with Gasteiger partial charge in [0.2, 0.25) is 5.91 Å². The van der Waals surface area contributed by atoms with Crippen LogP contribution in [0.2, 0.25) is 0 Å². The molecule has 142 valence electrons. The van der Waals surface area contributed by atoms with Crippen molar-refractivity contribution in [1.29, 1.82) is 0 Å². The van der Waals surface area contributed by atoms with E-state index in [2.05, 4.69) is 17.4 Å². The van der Waals surface area contributed by atoms with Crippen LogP contribution in [0.25, 0.3) is 0 Å². The highest BCUT2D eigenvalue weighted by Crippen LogP contribution is 2.29. The number of esters is 1. The van der Waals surface area contributed by atoms with Crippen molar-refractivity contribution in [3.8, 4) is 0 Å². The normalized spacial score (nSPS) is 19.1. The van der Waals surface area contributed by atoms with Crippen molar-refractivity contribution in [1.82, 2.24) is 5.32 Å². The van der Waals surface area contributed by atoms with Crippen molar-refractivity contribution in [3.05, 3.63) is 71.8 Å². The lowest BCUT2D eigenvalue weighted by atomic mass is 10.0. The third-order valence-electron chi connectivity index (χ3n) is 4.74. The fraction of sp³-hybridized carbons (Fsp3) is 0.364. The zero-order valence-electron chi connectivity index (χ0n) is 15.5. The summed E-state index contributed by atoms with van der Waals surface area (Å²) in [6.45, 7) is 0. The molecular formula is C22H25NO4. The molecule has 2 aromatic carbocycles. The van der Waals surface area contributed by atoms with Gasteiger partial charge in [0.25, 0.3) is 0 Å². The first-order chi connectivity index (χ1) is 13.2. The van der Waals surface area contributed by atoms with Crippen molar-refractivity contribution in [2.75, 3.05) is 7.11 Å². The third-order valence-corrected chi connectivity index (χ3v) is 4.74. The second-order valence-electron chi connectivity index (χ2n) is 6.77. The molecule has 1 fully saturated rings. The number of hydrogen-bond donors (Lipinski definition) is 1. The van der Waals surface area contributed by atoms with Crippen LogP contribution in [0.4, 0.5) is 0 Å². The van der Waals surface area contributed by atoms with Gasteiger partial charge in [-0.2, -0.15) is 0 Å². The first-order valence-corrected chi connectivity index (χ1v) is 9.26. The monoisotopic (exact) mass is 367 g/mol. The molecule has 0 radical (unpaired) electrons. The molecule has 1 amide bonds. The summed E-state index contributed by atoms with van der Waals surface area (Å²) >= 11 is 0. The highest BCUT2D eigenvalue weighted by molar-refractivity contribution is 5.85. The number of benzene rings is 2. The minimum atomic E-state index is -0.689. The first-order valence-electron chi connectivity index (χ1n) is 9.26. The van der Waals surface area contributed by atoms with Gasteiger partial charge in [-0.25, -0.2) is 4.79 Å². The van der Waals surface area contributed by atoms with E-state index in [0.29, 0.717) is 6.42 Å². The fourth-order valence-corrected chi connectivity index (χ4v) is 3.19. The molecule has 0 saturated carbocycles. The molecule has 1 aliphatic heterocycles. The number of rotatable bonds is 9. The molecule has 3 rings (SSSR count). The Labute approximate surface area is 159 Å². The lowest BCUT2D eigenvalue weighted by molar-refractivity contribution is -0.145. The highest BCUT2D eigenvalue weighted by atomic mass is 16.6. The van der Waals surface area contributed by atoms with Crippen molar-refractivity contribution < 1.29 is 19.1 Å². The molecular weight excluding hydrogens is 342 g/mol. The molecule has 5 nitrogen and oxygen atoms in total. The van der Waals surface area contributed by atoms with E-state index in [1.165, 1.54) is 12.7 Å². The molecule has 27 heavy (non-hydrogen) atoms. The second kappa shape index (κ2) is 9.33. The zero-order chi connectivity index (χ0) is 19.1. The van der Waals surface area contributed by atoms with Crippen LogP contribution in [0.5, 0.6) is 0 Å². The van der Waals surface area contributed by atoms with Gasteiger partial charge >= 0.3 is 5.97 Å². The van der Waals surface area contributed by atoms with E-state index < -0.39 is 12.0 Å². The van der Waals surface area contributed by atoms with Crippen molar-refractivity contribution >= 4 is 11.9 Å². The van der Waals surface area contributed by atoms with Gasteiger partial charge in [0.15, 0.2) is 0 Å². The van der Waals surface area contributed by atoms with E-state index in [1.54, 1.807) is 0 Å². The predicted octanol–water partition coefficient (Wildman–Crippen LogP) is 2.68. The molecule has 0 unspecified atom stereocenters. The summed E-state index contributed by atoms with van der Waals surface area (Å²) in [6, 6.07) is 19.1. The van der Waals surface area contributed by atoms with E-state index in [-0.39, 0.29) is 24.5 Å². The standard InChI is InChI=1S/C22H25NO4/c1-26-22(25)18(14-17-10-6-3-7-11-17)23-21(24)15-20-19(27-20)13-12-16-8-4-2-5-9-16/h2-11,18-20H,12-15H2,1H3,(H,23,24)/t18-,19+,20-/m0/s1. The van der Waals surface area contributed by atoms with Crippen LogP contribution in [0.1, 0.15) is 24.0 Å². The Balaban J connectivity index is 1.45. The molecule has 1 aliphatic rings. The molecule has 0 aliphatic carbocycles. The summed E-state index contributed by atoms with van der Waals surface area (Å²) < 4.78 is 10.4. The molecule has 0 aromatic heterocycles. The van der Waals surface area contributed by atoms with Crippen molar-refractivity contribution in [3.63, 3.8) is 0 Å². The average molecular weight is 367 g/mol. The number of carbonyl (C=O) groups is 2. The molecule has 3 atom stereocenters. The fourth-order valence-electron chi connectivity index (χ4n) is 3.19. The van der Waals surface area contributed by atoms with Gasteiger partial charge < -0.3 is 14.8 Å². The van der Waals surface area contributed by atoms with E-state index in [4.69, 9.17) is 9.47 Å². The summed E-state index contributed by atoms with van der Waals surface area (Å²) in [4.78, 5) is 24.3. The largest absolute Gasteiger partial charge is 0.467 e. The van der Waals surface area contributed by atoms with E-state index in [9.17, 15) is 9.59 Å². The van der Waals surface area contributed by atoms with Gasteiger partial charge in [0, 0.05) is 6.42 Å². The topological polar surface area (TPSA) is 67.9 Å². The number of ether oxygens (including phenoxy) is 2. The molecule has 0 spiro atoms. The Hall–Kier alpha value is -2.66. The van der Waals surface area contributed by atoms with Crippen LogP contribution in [0.15, 0.2) is 60.7 Å². The maximum absolute atomic E-state index is 12.3. The lowest BCUT2D eigenvalue weighted by Crippen LogP contribution is -2.43. The van der Waals surface area contributed by atoms with Crippen LogP contribution < -0.4 is 5.32 Å². The molecule has 2 aromatic rings. The highest BCUT2D eigenvalue weighted by Gasteiger charge is 2.40. The maximum atomic E-state index is 12.3. The number of epoxide rings is 1. The lowest BCUT2D eigenvalue weighted by Gasteiger charge is -2.16. The Morgan fingerprint density at radius 3 is 2.26 bits per heavy atom. The SMILES string of the molecule is COC(=O)[C@H](Cc1ccccc1)NC(=O)C[C@@H]1O[C@@H]1CCc1ccccc1. The number of hydrogen-bond acceptors (Lipinski definition) is 4. The average Bonchev–Trinajstić information content (AvgIpc) is 3.44. The van der Waals surface area contributed by atoms with Gasteiger partial charge in [0.05, 0.1) is 25.7 Å². The molecule has 0 bridgehead atoms. The Bertz CT molecular complexity index is 747. The minimum absolute atomic E-state index is 0.0660. The van der Waals surface area contributed by atoms with Gasteiger partial charge in [-0.1, -0.05) is 60.7 Å². The second-order valence-corrected chi connectivity index (χ2v) is 6.77. The maximum Gasteiger partial charge on any atom is 0.328 e. The van der Waals surface area contributed by atoms with Gasteiger partial charge in [0.1, 0.15) is 6.04 Å². The first kappa shape index (κ1) is 19.1. The van der Waals surface area contributed by atoms with E-state index in [1.807, 2.05) is 48.5 Å². The predicted molar refractivity (Wildman–Crippen MR) is 102 cm³/mol. The van der Waals surface area contributed by atoms with Crippen LogP contribution in [-0.2, 0) is 31.9 Å². The third kappa shape index (κ3) is 5.93. The minimum Gasteiger partial charge on any atom is -0.467 e. The Morgan fingerprint density at radius 1 is 1.00 bits per heavy atom. The number of nitrogens with one attached hydrogen (secondary N) is 1. The number of aryl methyl sites for hydroxylation is 1. The number of methoxy groups -OCH3 is 1. The number of carbonyl (C=O) groups excluding carboxylic acids is 2. The summed E-state index contributed by atoms with van der Waals surface area (Å²) in [5, 5.41) is 2.79. The van der Waals surface area contributed by atoms with Crippen LogP contribution in [-0.4, -0.2) is 37.2 Å². The van der Waals surface area contributed by atoms with Gasteiger partial charge in [-0.3, -0.25) is 4.79 Å². The van der Waals surface area contributed by atoms with Crippen LogP contribution in [0, 0.1) is 0 Å². The quantitative estimate of drug-likeness (QED) is 0.547. The van der Waals surface area contributed by atoms with Crippen LogP contribution in [0.3, 0.4) is 0 Å². The van der Waals surface area contributed by atoms with E-state index in [0.717, 1.165) is 18.4 Å². The molecule has 1 saturated heterocycles. The molecule has 5 heteroatoms. The number of amides is 1. The van der Waals surface area contributed by atoms with Crippen LogP contribution >= 0.6 is 0 Å². The van der Waals surface area contributed by atoms with E-state index >= 15 is 0 Å². The molecule has 1 N–H and O–H groups in total. The summed E-state index contributed by atoms with van der Waals surface area (Å²) in [5.74, 6) is -0.627. The summed E-state index contributed by atoms with van der Waals surface area (Å²) in [7, 11) is 1.33. The summed E-state index contributed by atoms with van der Waals surface area (Å²) in [6.07, 6.45) is 2.55. The van der Waals surface area contributed by atoms with Gasteiger partial charge in [-0.05, 0) is 24.0 Å².